The molecule has 0 heterocycles. The molecular formula is C10H6F9. The minimum absolute atomic E-state index is 0.247. The molecule has 0 aliphatic heterocycles. The SMILES string of the molecule is FC(F)(F)C(F)(F)C(F)(C1=CC=CC[CH]1)C(F)(F)F. The standard InChI is InChI=1S/C10H6F9/c11-7(9(14,15)16,6-4-2-1-3-5-6)8(12,13)10(17,18)19/h1-2,4-5H,3H2. The molecule has 19 heavy (non-hydrogen) atoms. The van der Waals surface area contributed by atoms with E-state index in [1.165, 1.54) is 6.08 Å². The molecule has 0 amide bonds. The Bertz CT molecular complexity index is 398. The molecule has 9 heteroatoms. The summed E-state index contributed by atoms with van der Waals surface area (Å²) in [6, 6.07) is 0. The van der Waals surface area contributed by atoms with Crippen molar-refractivity contribution in [1.29, 1.82) is 0 Å². The van der Waals surface area contributed by atoms with Gasteiger partial charge in [0, 0.05) is 0 Å². The topological polar surface area (TPSA) is 0 Å². The molecule has 1 atom stereocenters. The van der Waals surface area contributed by atoms with E-state index >= 15 is 0 Å². The van der Waals surface area contributed by atoms with Crippen molar-refractivity contribution in [1.82, 2.24) is 0 Å². The smallest absolute Gasteiger partial charge is 0.222 e. The van der Waals surface area contributed by atoms with E-state index in [2.05, 4.69) is 0 Å². The molecule has 0 bridgehead atoms. The summed E-state index contributed by atoms with van der Waals surface area (Å²) >= 11 is 0. The third-order valence-corrected chi connectivity index (χ3v) is 2.46. The molecule has 1 rings (SSSR count). The Morgan fingerprint density at radius 3 is 1.63 bits per heavy atom. The Balaban J connectivity index is 3.46. The van der Waals surface area contributed by atoms with E-state index in [4.69, 9.17) is 0 Å². The largest absolute Gasteiger partial charge is 0.457 e. The van der Waals surface area contributed by atoms with Crippen LogP contribution in [0, 0.1) is 6.42 Å². The van der Waals surface area contributed by atoms with Gasteiger partial charge in [0.1, 0.15) is 0 Å². The summed E-state index contributed by atoms with van der Waals surface area (Å²) in [5, 5.41) is 0. The number of halogens is 9. The van der Waals surface area contributed by atoms with Crippen molar-refractivity contribution in [3.63, 3.8) is 0 Å². The summed E-state index contributed by atoms with van der Waals surface area (Å²) in [6.45, 7) is 0. The van der Waals surface area contributed by atoms with Gasteiger partial charge >= 0.3 is 18.3 Å². The maximum absolute atomic E-state index is 13.7. The molecule has 0 fully saturated rings. The lowest BCUT2D eigenvalue weighted by atomic mass is 9.83. The minimum atomic E-state index is -6.67. The van der Waals surface area contributed by atoms with Crippen LogP contribution in [-0.4, -0.2) is 23.9 Å². The highest BCUT2D eigenvalue weighted by Gasteiger charge is 2.82. The Hall–Kier alpha value is -1.15. The zero-order chi connectivity index (χ0) is 15.1. The fourth-order valence-electron chi connectivity index (χ4n) is 1.49. The summed E-state index contributed by atoms with van der Waals surface area (Å²) in [5.41, 5.74) is -7.58. The van der Waals surface area contributed by atoms with Gasteiger partial charge in [-0.15, -0.1) is 0 Å². The van der Waals surface area contributed by atoms with Gasteiger partial charge in [-0.05, 0) is 18.4 Å². The van der Waals surface area contributed by atoms with Crippen molar-refractivity contribution in [3.05, 3.63) is 30.2 Å². The second kappa shape index (κ2) is 4.45. The molecular weight excluding hydrogens is 291 g/mol. The number of hydrogen-bond acceptors (Lipinski definition) is 0. The molecule has 0 N–H and O–H groups in total. The monoisotopic (exact) mass is 297 g/mol. The summed E-state index contributed by atoms with van der Waals surface area (Å²) in [4.78, 5) is 0. The molecule has 1 radical (unpaired) electrons. The molecule has 0 saturated carbocycles. The predicted octanol–water partition coefficient (Wildman–Crippen LogP) is 4.55. The van der Waals surface area contributed by atoms with E-state index in [9.17, 15) is 39.5 Å². The minimum Gasteiger partial charge on any atom is -0.222 e. The normalized spacial score (nSPS) is 21.0. The molecule has 0 saturated heterocycles. The Morgan fingerprint density at radius 1 is 0.789 bits per heavy atom. The fourth-order valence-corrected chi connectivity index (χ4v) is 1.49. The summed E-state index contributed by atoms with van der Waals surface area (Å²) in [7, 11) is 0. The van der Waals surface area contributed by atoms with Gasteiger partial charge in [0.25, 0.3) is 5.67 Å². The lowest BCUT2D eigenvalue weighted by molar-refractivity contribution is -0.372. The number of allylic oxidation sites excluding steroid dienone is 4. The third-order valence-electron chi connectivity index (χ3n) is 2.46. The average Bonchev–Trinajstić information content (AvgIpc) is 2.25. The lowest BCUT2D eigenvalue weighted by Gasteiger charge is -2.37. The Kier molecular flexibility index (Phi) is 3.72. The first-order chi connectivity index (χ1) is 8.36. The zero-order valence-corrected chi connectivity index (χ0v) is 8.92. The van der Waals surface area contributed by atoms with E-state index in [0.717, 1.165) is 6.08 Å². The number of hydrogen-bond donors (Lipinski definition) is 0. The van der Waals surface area contributed by atoms with Crippen LogP contribution in [-0.2, 0) is 0 Å². The highest BCUT2D eigenvalue weighted by Crippen LogP contribution is 2.56. The van der Waals surface area contributed by atoms with Crippen LogP contribution in [0.2, 0.25) is 0 Å². The quantitative estimate of drug-likeness (QED) is 0.656. The average molecular weight is 297 g/mol. The summed E-state index contributed by atoms with van der Waals surface area (Å²) in [5.74, 6) is -6.59. The van der Waals surface area contributed by atoms with Crippen LogP contribution in [0.3, 0.4) is 0 Å². The van der Waals surface area contributed by atoms with E-state index < -0.39 is 29.5 Å². The number of rotatable bonds is 2. The van der Waals surface area contributed by atoms with Gasteiger partial charge in [-0.2, -0.15) is 35.1 Å². The summed E-state index contributed by atoms with van der Waals surface area (Å²) < 4.78 is 113. The van der Waals surface area contributed by atoms with Gasteiger partial charge in [-0.1, -0.05) is 18.2 Å². The Morgan fingerprint density at radius 2 is 1.32 bits per heavy atom. The second-order valence-electron chi connectivity index (χ2n) is 3.72. The van der Waals surface area contributed by atoms with Crippen LogP contribution in [0.15, 0.2) is 23.8 Å². The molecule has 0 aromatic carbocycles. The molecule has 1 aliphatic rings. The van der Waals surface area contributed by atoms with Gasteiger partial charge in [0.2, 0.25) is 0 Å². The highest BCUT2D eigenvalue weighted by molar-refractivity contribution is 5.38. The first-order valence-electron chi connectivity index (χ1n) is 4.76. The van der Waals surface area contributed by atoms with Gasteiger partial charge in [0.05, 0.1) is 0 Å². The first-order valence-corrected chi connectivity index (χ1v) is 4.76. The highest BCUT2D eigenvalue weighted by atomic mass is 19.4. The maximum atomic E-state index is 13.7. The van der Waals surface area contributed by atoms with Crippen LogP contribution in [0.25, 0.3) is 0 Å². The van der Waals surface area contributed by atoms with Crippen molar-refractivity contribution in [2.45, 2.75) is 30.4 Å². The van der Waals surface area contributed by atoms with Crippen molar-refractivity contribution in [2.75, 3.05) is 0 Å². The van der Waals surface area contributed by atoms with Crippen molar-refractivity contribution >= 4 is 0 Å². The van der Waals surface area contributed by atoms with E-state index in [0.29, 0.717) is 6.42 Å². The van der Waals surface area contributed by atoms with Crippen LogP contribution in [0.4, 0.5) is 39.5 Å². The molecule has 0 aromatic rings. The predicted molar refractivity (Wildman–Crippen MR) is 47.0 cm³/mol. The van der Waals surface area contributed by atoms with Crippen LogP contribution in [0.1, 0.15) is 6.42 Å². The van der Waals surface area contributed by atoms with Crippen LogP contribution >= 0.6 is 0 Å². The first kappa shape index (κ1) is 15.9. The van der Waals surface area contributed by atoms with E-state index in [1.54, 1.807) is 0 Å². The molecule has 1 aliphatic carbocycles. The van der Waals surface area contributed by atoms with E-state index in [-0.39, 0.29) is 12.5 Å². The van der Waals surface area contributed by atoms with Crippen molar-refractivity contribution < 1.29 is 39.5 Å². The van der Waals surface area contributed by atoms with Gasteiger partial charge < -0.3 is 0 Å². The van der Waals surface area contributed by atoms with Gasteiger partial charge in [-0.25, -0.2) is 4.39 Å². The maximum Gasteiger partial charge on any atom is 0.457 e. The second-order valence-corrected chi connectivity index (χ2v) is 3.72. The van der Waals surface area contributed by atoms with Crippen LogP contribution < -0.4 is 0 Å². The van der Waals surface area contributed by atoms with Crippen molar-refractivity contribution in [3.8, 4) is 0 Å². The van der Waals surface area contributed by atoms with Crippen LogP contribution in [0.5, 0.6) is 0 Å². The van der Waals surface area contributed by atoms with Crippen molar-refractivity contribution in [2.24, 2.45) is 0 Å². The zero-order valence-electron chi connectivity index (χ0n) is 8.92. The molecule has 0 spiro atoms. The van der Waals surface area contributed by atoms with Gasteiger partial charge in [0.15, 0.2) is 0 Å². The molecule has 0 aromatic heterocycles. The molecule has 0 nitrogen and oxygen atoms in total. The van der Waals surface area contributed by atoms with Gasteiger partial charge in [-0.3, -0.25) is 0 Å². The summed E-state index contributed by atoms with van der Waals surface area (Å²) in [6.07, 6.45) is -10.9. The lowest BCUT2D eigenvalue weighted by Crippen LogP contribution is -2.63. The molecule has 1 unspecified atom stereocenters. The third kappa shape index (κ3) is 2.34. The van der Waals surface area contributed by atoms with E-state index in [1.807, 2.05) is 0 Å². The Labute approximate surface area is 101 Å². The fraction of sp³-hybridized carbons (Fsp3) is 0.500. The number of alkyl halides is 9. The molecule has 109 valence electrons.